The van der Waals surface area contributed by atoms with Gasteiger partial charge in [0.25, 0.3) is 0 Å². The van der Waals surface area contributed by atoms with E-state index in [1.165, 1.54) is 20.2 Å². The highest BCUT2D eigenvalue weighted by molar-refractivity contribution is 7.20. The maximum absolute atomic E-state index is 12.3. The Morgan fingerprint density at radius 1 is 1.09 bits per heavy atom. The molecule has 0 aliphatic rings. The SMILES string of the molecule is CCOC(=O)c1nc(C)c2c3sccc3c3ccsc3c2c1C. The number of aromatic nitrogens is 1. The summed E-state index contributed by atoms with van der Waals surface area (Å²) in [5.41, 5.74) is 2.23. The molecule has 116 valence electrons. The zero-order chi connectivity index (χ0) is 16.1. The Labute approximate surface area is 141 Å². The highest BCUT2D eigenvalue weighted by atomic mass is 32.1. The molecule has 0 aliphatic heterocycles. The Kier molecular flexibility index (Phi) is 3.36. The zero-order valence-electron chi connectivity index (χ0n) is 13.1. The fourth-order valence-corrected chi connectivity index (χ4v) is 5.22. The van der Waals surface area contributed by atoms with Gasteiger partial charge in [-0.05, 0) is 49.2 Å². The number of aryl methyl sites for hydroxylation is 2. The number of pyridine rings is 1. The van der Waals surface area contributed by atoms with Crippen LogP contribution in [0.5, 0.6) is 0 Å². The summed E-state index contributed by atoms with van der Waals surface area (Å²) in [5, 5.41) is 9.06. The van der Waals surface area contributed by atoms with Crippen LogP contribution in [0.4, 0.5) is 0 Å². The molecule has 0 unspecified atom stereocenters. The van der Waals surface area contributed by atoms with Crippen molar-refractivity contribution in [3.63, 3.8) is 0 Å². The number of nitrogens with zero attached hydrogens (tertiary/aromatic N) is 1. The number of esters is 1. The normalized spacial score (nSPS) is 11.6. The van der Waals surface area contributed by atoms with Crippen LogP contribution in [0.25, 0.3) is 30.9 Å². The van der Waals surface area contributed by atoms with Crippen LogP contribution >= 0.6 is 22.7 Å². The molecule has 0 atom stereocenters. The number of fused-ring (bicyclic) bond motifs is 6. The second-order valence-electron chi connectivity index (χ2n) is 5.47. The predicted molar refractivity (Wildman–Crippen MR) is 97.9 cm³/mol. The van der Waals surface area contributed by atoms with Crippen LogP contribution in [0.3, 0.4) is 0 Å². The lowest BCUT2D eigenvalue weighted by Gasteiger charge is -2.12. The van der Waals surface area contributed by atoms with Gasteiger partial charge in [-0.3, -0.25) is 0 Å². The van der Waals surface area contributed by atoms with E-state index in [1.807, 2.05) is 20.8 Å². The van der Waals surface area contributed by atoms with E-state index in [0.29, 0.717) is 12.3 Å². The summed E-state index contributed by atoms with van der Waals surface area (Å²) in [5.74, 6) is -0.342. The molecular formula is C18H15NO2S2. The molecule has 0 spiro atoms. The van der Waals surface area contributed by atoms with Crippen LogP contribution in [0.2, 0.25) is 0 Å². The number of carbonyl (C=O) groups excluding carboxylic acids is 1. The van der Waals surface area contributed by atoms with Crippen molar-refractivity contribution in [3.8, 4) is 0 Å². The van der Waals surface area contributed by atoms with Gasteiger partial charge in [0, 0.05) is 36.6 Å². The maximum atomic E-state index is 12.3. The first kappa shape index (κ1) is 14.6. The number of ether oxygens (including phenoxy) is 1. The minimum absolute atomic E-state index is 0.342. The molecular weight excluding hydrogens is 326 g/mol. The second-order valence-corrected chi connectivity index (χ2v) is 7.30. The van der Waals surface area contributed by atoms with Gasteiger partial charge in [-0.1, -0.05) is 0 Å². The fourth-order valence-electron chi connectivity index (χ4n) is 3.18. The van der Waals surface area contributed by atoms with Crippen LogP contribution in [-0.4, -0.2) is 17.6 Å². The molecule has 0 N–H and O–H groups in total. The number of hydrogen-bond donors (Lipinski definition) is 0. The molecule has 0 fully saturated rings. The van der Waals surface area contributed by atoms with Crippen molar-refractivity contribution in [2.24, 2.45) is 0 Å². The molecule has 0 bridgehead atoms. The van der Waals surface area contributed by atoms with Gasteiger partial charge < -0.3 is 4.74 Å². The Bertz CT molecular complexity index is 1080. The van der Waals surface area contributed by atoms with E-state index in [2.05, 4.69) is 27.9 Å². The van der Waals surface area contributed by atoms with Crippen LogP contribution in [0.15, 0.2) is 22.9 Å². The van der Waals surface area contributed by atoms with Gasteiger partial charge in [-0.15, -0.1) is 22.7 Å². The fraction of sp³-hybridized carbons (Fsp3) is 0.222. The highest BCUT2D eigenvalue weighted by Gasteiger charge is 2.21. The molecule has 0 radical (unpaired) electrons. The molecule has 0 saturated carbocycles. The summed E-state index contributed by atoms with van der Waals surface area (Å²) >= 11 is 3.45. The van der Waals surface area contributed by atoms with Gasteiger partial charge in [0.2, 0.25) is 0 Å². The minimum atomic E-state index is -0.342. The Balaban J connectivity index is 2.23. The lowest BCUT2D eigenvalue weighted by atomic mass is 9.99. The van der Waals surface area contributed by atoms with Crippen LogP contribution in [0.1, 0.15) is 28.7 Å². The van der Waals surface area contributed by atoms with Crippen LogP contribution in [-0.2, 0) is 4.74 Å². The first-order valence-electron chi connectivity index (χ1n) is 7.47. The third-order valence-corrected chi connectivity index (χ3v) is 6.03. The van der Waals surface area contributed by atoms with Gasteiger partial charge in [-0.25, -0.2) is 9.78 Å². The molecule has 3 nitrogen and oxygen atoms in total. The van der Waals surface area contributed by atoms with Crippen molar-refractivity contribution in [1.29, 1.82) is 0 Å². The van der Waals surface area contributed by atoms with E-state index in [9.17, 15) is 4.79 Å². The smallest absolute Gasteiger partial charge is 0.357 e. The average Bonchev–Trinajstić information content (AvgIpc) is 3.17. The first-order valence-corrected chi connectivity index (χ1v) is 9.23. The lowest BCUT2D eigenvalue weighted by Crippen LogP contribution is -2.10. The number of benzene rings is 1. The summed E-state index contributed by atoms with van der Waals surface area (Å²) in [6, 6.07) is 4.33. The summed E-state index contributed by atoms with van der Waals surface area (Å²) in [7, 11) is 0. The quantitative estimate of drug-likeness (QED) is 0.455. The molecule has 5 heteroatoms. The molecule has 1 aromatic carbocycles. The first-order chi connectivity index (χ1) is 11.1. The van der Waals surface area contributed by atoms with Gasteiger partial charge >= 0.3 is 5.97 Å². The third kappa shape index (κ3) is 2.00. The minimum Gasteiger partial charge on any atom is -0.461 e. The van der Waals surface area contributed by atoms with E-state index >= 15 is 0 Å². The Morgan fingerprint density at radius 2 is 1.70 bits per heavy atom. The van der Waals surface area contributed by atoms with Gasteiger partial charge in [0.1, 0.15) is 0 Å². The van der Waals surface area contributed by atoms with Gasteiger partial charge in [-0.2, -0.15) is 0 Å². The monoisotopic (exact) mass is 341 g/mol. The highest BCUT2D eigenvalue weighted by Crippen LogP contribution is 2.42. The molecule has 0 aliphatic carbocycles. The summed E-state index contributed by atoms with van der Waals surface area (Å²) < 4.78 is 7.65. The number of carbonyl (C=O) groups is 1. The molecule has 4 aromatic rings. The standard InChI is InChI=1S/C18H15NO2S2/c1-4-21-18(20)15-9(2)13-14(10(3)19-15)17-12(6-8-23-17)11-5-7-22-16(11)13/h5-8H,4H2,1-3H3. The number of thiophene rings is 2. The van der Waals surface area contributed by atoms with E-state index < -0.39 is 0 Å². The van der Waals surface area contributed by atoms with Gasteiger partial charge in [0.05, 0.1) is 6.61 Å². The number of hydrogen-bond acceptors (Lipinski definition) is 5. The van der Waals surface area contributed by atoms with Crippen molar-refractivity contribution in [2.45, 2.75) is 20.8 Å². The average molecular weight is 341 g/mol. The third-order valence-electron chi connectivity index (χ3n) is 4.17. The topological polar surface area (TPSA) is 39.2 Å². The van der Waals surface area contributed by atoms with Crippen molar-refractivity contribution < 1.29 is 9.53 Å². The van der Waals surface area contributed by atoms with Crippen molar-refractivity contribution >= 4 is 59.6 Å². The maximum Gasteiger partial charge on any atom is 0.357 e. The van der Waals surface area contributed by atoms with Crippen molar-refractivity contribution in [1.82, 2.24) is 4.98 Å². The molecule has 0 saturated heterocycles. The van der Waals surface area contributed by atoms with Crippen molar-refractivity contribution in [2.75, 3.05) is 6.61 Å². The van der Waals surface area contributed by atoms with E-state index in [0.717, 1.165) is 22.0 Å². The predicted octanol–water partition coefficient (Wildman–Crippen LogP) is 5.46. The van der Waals surface area contributed by atoms with Crippen LogP contribution in [0, 0.1) is 13.8 Å². The zero-order valence-corrected chi connectivity index (χ0v) is 14.7. The van der Waals surface area contributed by atoms with E-state index in [-0.39, 0.29) is 5.97 Å². The lowest BCUT2D eigenvalue weighted by molar-refractivity contribution is 0.0518. The van der Waals surface area contributed by atoms with E-state index in [4.69, 9.17) is 4.74 Å². The summed E-state index contributed by atoms with van der Waals surface area (Å²) in [6.07, 6.45) is 0. The number of rotatable bonds is 2. The Morgan fingerprint density at radius 3 is 2.30 bits per heavy atom. The molecule has 4 rings (SSSR count). The summed E-state index contributed by atoms with van der Waals surface area (Å²) in [6.45, 7) is 6.12. The molecule has 0 amide bonds. The summed E-state index contributed by atoms with van der Waals surface area (Å²) in [4.78, 5) is 16.8. The Hall–Kier alpha value is -1.98. The van der Waals surface area contributed by atoms with Crippen LogP contribution < -0.4 is 0 Å². The van der Waals surface area contributed by atoms with Gasteiger partial charge in [0.15, 0.2) is 5.69 Å². The largest absolute Gasteiger partial charge is 0.461 e. The second kappa shape index (κ2) is 5.28. The van der Waals surface area contributed by atoms with Crippen molar-refractivity contribution in [3.05, 3.63) is 39.8 Å². The molecule has 3 heterocycles. The molecule has 3 aromatic heterocycles. The molecule has 23 heavy (non-hydrogen) atoms. The van der Waals surface area contributed by atoms with E-state index in [1.54, 1.807) is 22.7 Å².